The average molecular weight is 974 g/mol. The lowest BCUT2D eigenvalue weighted by atomic mass is 9.77. The Labute approximate surface area is 411 Å². The molecule has 1 saturated heterocycles. The molecular formula is C51H87N7O11. The molecule has 0 aromatic carbocycles. The van der Waals surface area contributed by atoms with Crippen LogP contribution in [0.5, 0.6) is 0 Å². The molecule has 4 aliphatic carbocycles. The number of ether oxygens (including phenoxy) is 4. The van der Waals surface area contributed by atoms with Crippen LogP contribution in [0.1, 0.15) is 165 Å². The number of carbonyl (C=O) groups is 7. The summed E-state index contributed by atoms with van der Waals surface area (Å²) >= 11 is 0. The smallest absolute Gasteiger partial charge is 0.407 e. The summed E-state index contributed by atoms with van der Waals surface area (Å²) in [5.74, 6) is -1.85. The molecule has 1 unspecified atom stereocenters. The first-order valence-corrected chi connectivity index (χ1v) is 26.2. The number of amides is 7. The van der Waals surface area contributed by atoms with E-state index in [-0.39, 0.29) is 37.2 Å². The second-order valence-electron chi connectivity index (χ2n) is 23.0. The molecule has 5 aliphatic rings. The molecule has 18 heteroatoms. The van der Waals surface area contributed by atoms with Crippen molar-refractivity contribution in [2.75, 3.05) is 26.8 Å². The van der Waals surface area contributed by atoms with Gasteiger partial charge in [-0.05, 0) is 130 Å². The van der Waals surface area contributed by atoms with Gasteiger partial charge in [-0.15, -0.1) is 0 Å². The van der Waals surface area contributed by atoms with Crippen molar-refractivity contribution in [2.45, 2.75) is 225 Å². The predicted octanol–water partition coefficient (Wildman–Crippen LogP) is 5.39. The van der Waals surface area contributed by atoms with E-state index >= 15 is 0 Å². The zero-order valence-corrected chi connectivity index (χ0v) is 43.4. The number of hydrogen-bond donors (Lipinski definition) is 6. The molecule has 10 atom stereocenters. The third kappa shape index (κ3) is 17.6. The van der Waals surface area contributed by atoms with E-state index in [4.69, 9.17) is 18.9 Å². The van der Waals surface area contributed by atoms with Crippen molar-refractivity contribution in [1.29, 1.82) is 0 Å². The Morgan fingerprint density at radius 3 is 1.93 bits per heavy atom. The normalized spacial score (nSPS) is 32.9. The first-order chi connectivity index (χ1) is 32.5. The van der Waals surface area contributed by atoms with Gasteiger partial charge in [0.15, 0.2) is 0 Å². The molecule has 6 N–H and O–H groups in total. The quantitative estimate of drug-likeness (QED) is 0.144. The van der Waals surface area contributed by atoms with E-state index < -0.39 is 95.8 Å². The highest BCUT2D eigenvalue weighted by atomic mass is 16.6. The highest BCUT2D eigenvalue weighted by Crippen LogP contribution is 2.46. The van der Waals surface area contributed by atoms with E-state index in [9.17, 15) is 33.6 Å². The summed E-state index contributed by atoms with van der Waals surface area (Å²) in [5.41, 5.74) is -1.52. The molecule has 5 fully saturated rings. The minimum absolute atomic E-state index is 0.0694. The maximum atomic E-state index is 14.7. The second-order valence-corrected chi connectivity index (χ2v) is 23.0. The molecule has 1 aliphatic heterocycles. The van der Waals surface area contributed by atoms with Crippen molar-refractivity contribution >= 4 is 41.7 Å². The molecule has 2 bridgehead atoms. The Morgan fingerprint density at radius 2 is 1.32 bits per heavy atom. The van der Waals surface area contributed by atoms with Crippen molar-refractivity contribution in [2.24, 2.45) is 29.6 Å². The molecule has 0 aromatic rings. The maximum absolute atomic E-state index is 14.7. The minimum Gasteiger partial charge on any atom is -0.444 e. The summed E-state index contributed by atoms with van der Waals surface area (Å²) in [5, 5.41) is 17.1. The summed E-state index contributed by atoms with van der Waals surface area (Å²) in [6, 6.07) is -5.42. The number of hydrogen-bond acceptors (Lipinski definition) is 11. The molecule has 7 amide bonds. The number of alkyl carbamates (subject to hydrolysis) is 2. The second kappa shape index (κ2) is 25.3. The van der Waals surface area contributed by atoms with E-state index in [2.05, 4.69) is 31.9 Å². The lowest BCUT2D eigenvalue weighted by Crippen LogP contribution is -2.62. The Hall–Kier alpha value is -4.19. The maximum Gasteiger partial charge on any atom is 0.407 e. The van der Waals surface area contributed by atoms with Gasteiger partial charge < -0.3 is 55.7 Å². The summed E-state index contributed by atoms with van der Waals surface area (Å²) in [6.45, 7) is 15.4. The number of likely N-dealkylation sites (N-methyl/N-ethyl adjacent to an activating group) is 1. The number of rotatable bonds is 11. The van der Waals surface area contributed by atoms with Gasteiger partial charge in [0.1, 0.15) is 35.4 Å². The van der Waals surface area contributed by atoms with Crippen LogP contribution in [0.15, 0.2) is 0 Å². The van der Waals surface area contributed by atoms with Crippen molar-refractivity contribution in [3.63, 3.8) is 0 Å². The highest BCUT2D eigenvalue weighted by Gasteiger charge is 2.42. The first kappa shape index (κ1) is 55.7. The SMILES string of the molecule is CCC[C@H]1C(=O)N[C@@H](C2CCCCCC2)C(=O)N[C@@H](CNC(=O)OC(C)(C)C)C(=O)N[C@@H](CO[C@H]2C[C@H](NC(=O)OC(C)(C)C)C2)C(=O)N[C@H](C)CO[C@H](CC2C[C@H]3CC[C@@H](C2)C3)[C@@H](C)C(=O)N1C. The van der Waals surface area contributed by atoms with Crippen molar-refractivity contribution < 1.29 is 52.5 Å². The van der Waals surface area contributed by atoms with Crippen LogP contribution in [0.3, 0.4) is 0 Å². The van der Waals surface area contributed by atoms with Gasteiger partial charge in [0.25, 0.3) is 0 Å². The van der Waals surface area contributed by atoms with Gasteiger partial charge in [-0.1, -0.05) is 58.8 Å². The van der Waals surface area contributed by atoms with E-state index in [0.717, 1.165) is 38.5 Å². The van der Waals surface area contributed by atoms with Crippen LogP contribution in [0, 0.1) is 29.6 Å². The third-order valence-corrected chi connectivity index (χ3v) is 14.5. The largest absolute Gasteiger partial charge is 0.444 e. The van der Waals surface area contributed by atoms with Crippen LogP contribution in [0.4, 0.5) is 9.59 Å². The summed E-state index contributed by atoms with van der Waals surface area (Å²) in [4.78, 5) is 99.7. The van der Waals surface area contributed by atoms with Gasteiger partial charge in [-0.2, -0.15) is 0 Å². The lowest BCUT2D eigenvalue weighted by Gasteiger charge is -2.37. The molecule has 392 valence electrons. The molecule has 4 saturated carbocycles. The Morgan fingerprint density at radius 1 is 0.725 bits per heavy atom. The Kier molecular flexibility index (Phi) is 20.4. The van der Waals surface area contributed by atoms with Gasteiger partial charge in [0.05, 0.1) is 37.9 Å². The topological polar surface area (TPSA) is 232 Å². The zero-order chi connectivity index (χ0) is 50.6. The van der Waals surface area contributed by atoms with Gasteiger partial charge in [0.2, 0.25) is 29.5 Å². The van der Waals surface area contributed by atoms with Crippen LogP contribution in [0.25, 0.3) is 0 Å². The fourth-order valence-corrected chi connectivity index (χ4v) is 10.9. The molecule has 18 nitrogen and oxygen atoms in total. The number of carbonyl (C=O) groups excluding carboxylic acids is 7. The number of fused-ring (bicyclic) bond motifs is 2. The first-order valence-electron chi connectivity index (χ1n) is 26.2. The number of nitrogens with zero attached hydrogens (tertiary/aromatic N) is 1. The van der Waals surface area contributed by atoms with Crippen molar-refractivity contribution in [3.05, 3.63) is 0 Å². The molecule has 1 heterocycles. The predicted molar refractivity (Wildman–Crippen MR) is 259 cm³/mol. The lowest BCUT2D eigenvalue weighted by molar-refractivity contribution is -0.147. The minimum atomic E-state index is -1.42. The van der Waals surface area contributed by atoms with Crippen LogP contribution >= 0.6 is 0 Å². The molecular weight excluding hydrogens is 887 g/mol. The number of nitrogens with one attached hydrogen (secondary N) is 6. The molecule has 0 radical (unpaired) electrons. The van der Waals surface area contributed by atoms with Crippen LogP contribution in [0.2, 0.25) is 0 Å². The third-order valence-electron chi connectivity index (χ3n) is 14.5. The van der Waals surface area contributed by atoms with Gasteiger partial charge in [-0.3, -0.25) is 24.0 Å². The molecule has 0 aromatic heterocycles. The van der Waals surface area contributed by atoms with E-state index in [1.165, 1.54) is 24.2 Å². The van der Waals surface area contributed by atoms with Crippen molar-refractivity contribution in [3.8, 4) is 0 Å². The van der Waals surface area contributed by atoms with E-state index in [1.54, 1.807) is 55.5 Å². The van der Waals surface area contributed by atoms with Crippen molar-refractivity contribution in [1.82, 2.24) is 36.8 Å². The summed E-state index contributed by atoms with van der Waals surface area (Å²) in [6.07, 6.45) is 11.2. The fourth-order valence-electron chi connectivity index (χ4n) is 10.9. The molecule has 0 spiro atoms. The standard InChI is InChI=1S/C51H87N7O11/c1-11-16-40-45(61)57-42(35-17-14-12-13-15-18-35)46(62)55-38(27-52-48(64)68-50(4,5)6)43(59)56-39(29-66-37-25-36(26-37)54-49(65)69-51(7,8)9)44(60)53-30(2)28-67-41(31(3)47(63)58(40)10)24-34-22-32-19-20-33(21-32)23-34/h30-42H,11-29H2,1-10H3,(H,52,64)(H,53,60)(H,54,65)(H,55,62)(H,56,59)(H,57,61)/t30-,31-,32-,33+,34?,36-,37-,38+,39+,40+,41-,42+/m1/s1. The summed E-state index contributed by atoms with van der Waals surface area (Å²) in [7, 11) is 1.65. The van der Waals surface area contributed by atoms with Gasteiger partial charge in [0, 0.05) is 19.1 Å². The fraction of sp³-hybridized carbons (Fsp3) is 0.863. The van der Waals surface area contributed by atoms with E-state index in [0.29, 0.717) is 62.7 Å². The summed E-state index contributed by atoms with van der Waals surface area (Å²) < 4.78 is 23.7. The van der Waals surface area contributed by atoms with Gasteiger partial charge >= 0.3 is 12.2 Å². The van der Waals surface area contributed by atoms with Crippen LogP contribution in [-0.2, 0) is 42.9 Å². The van der Waals surface area contributed by atoms with Gasteiger partial charge in [-0.25, -0.2) is 9.59 Å². The Bertz CT molecular complexity index is 1740. The molecule has 5 rings (SSSR count). The van der Waals surface area contributed by atoms with Crippen LogP contribution < -0.4 is 31.9 Å². The van der Waals surface area contributed by atoms with E-state index in [1.807, 2.05) is 13.8 Å². The highest BCUT2D eigenvalue weighted by molar-refractivity contribution is 5.96. The molecule has 69 heavy (non-hydrogen) atoms. The van der Waals surface area contributed by atoms with Crippen LogP contribution in [-0.4, -0.2) is 133 Å². The zero-order valence-electron chi connectivity index (χ0n) is 43.4. The Balaban J connectivity index is 1.46. The average Bonchev–Trinajstić information content (AvgIpc) is 3.39. The monoisotopic (exact) mass is 974 g/mol.